The second-order valence-electron chi connectivity index (χ2n) is 11.8. The predicted octanol–water partition coefficient (Wildman–Crippen LogP) is 5.34. The summed E-state index contributed by atoms with van der Waals surface area (Å²) in [5.74, 6) is -0.385. The van der Waals surface area contributed by atoms with Crippen LogP contribution in [0.1, 0.15) is 57.6 Å². The third-order valence-corrected chi connectivity index (χ3v) is 8.33. The number of rotatable bonds is 8. The van der Waals surface area contributed by atoms with E-state index in [1.54, 1.807) is 36.4 Å². The number of piperazine rings is 1. The van der Waals surface area contributed by atoms with Crippen LogP contribution in [0.2, 0.25) is 0 Å². The molecule has 4 aromatic rings. The number of fused-ring (bicyclic) bond motifs is 1. The predicted molar refractivity (Wildman–Crippen MR) is 168 cm³/mol. The third-order valence-electron chi connectivity index (χ3n) is 8.33. The van der Waals surface area contributed by atoms with Gasteiger partial charge >= 0.3 is 11.3 Å². The first-order valence-electron chi connectivity index (χ1n) is 14.7. The zero-order chi connectivity index (χ0) is 31.0. The van der Waals surface area contributed by atoms with Crippen LogP contribution in [0.5, 0.6) is 0 Å². The van der Waals surface area contributed by atoms with Gasteiger partial charge in [-0.2, -0.15) is 4.98 Å². The summed E-state index contributed by atoms with van der Waals surface area (Å²) in [6, 6.07) is 15.2. The molecule has 2 aromatic carbocycles. The van der Waals surface area contributed by atoms with Crippen molar-refractivity contribution >= 4 is 23.1 Å². The van der Waals surface area contributed by atoms with E-state index in [4.69, 9.17) is 0 Å². The van der Waals surface area contributed by atoms with E-state index in [0.717, 1.165) is 17.4 Å². The van der Waals surface area contributed by atoms with Crippen molar-refractivity contribution in [2.45, 2.75) is 58.5 Å². The fourth-order valence-electron chi connectivity index (χ4n) is 6.14. The van der Waals surface area contributed by atoms with Crippen LogP contribution in [0.25, 0.3) is 28.0 Å². The Morgan fingerprint density at radius 2 is 1.70 bits per heavy atom. The highest BCUT2D eigenvalue weighted by Crippen LogP contribution is 2.35. The Balaban J connectivity index is 1.85. The number of carbonyl (C=O) groups is 1. The zero-order valence-electron chi connectivity index (χ0n) is 25.3. The quantitative estimate of drug-likeness (QED) is 0.121. The van der Waals surface area contributed by atoms with E-state index in [1.807, 2.05) is 62.6 Å². The van der Waals surface area contributed by atoms with E-state index < -0.39 is 17.5 Å². The summed E-state index contributed by atoms with van der Waals surface area (Å²) >= 11 is 0. The molecule has 0 radical (unpaired) electrons. The lowest BCUT2D eigenvalue weighted by atomic mass is 9.92. The van der Waals surface area contributed by atoms with Crippen LogP contribution >= 0.6 is 0 Å². The Morgan fingerprint density at radius 1 is 1.05 bits per heavy atom. The van der Waals surface area contributed by atoms with Crippen molar-refractivity contribution in [3.63, 3.8) is 0 Å². The van der Waals surface area contributed by atoms with Crippen LogP contribution in [-0.2, 0) is 4.79 Å². The minimum absolute atomic E-state index is 0.0248. The van der Waals surface area contributed by atoms with Crippen molar-refractivity contribution in [2.24, 2.45) is 0 Å². The number of para-hydroxylation sites is 1. The largest absolute Gasteiger partial charge is 0.710 e. The van der Waals surface area contributed by atoms with Gasteiger partial charge in [-0.1, -0.05) is 82.3 Å². The van der Waals surface area contributed by atoms with Gasteiger partial charge in [-0.25, -0.2) is 13.9 Å². The summed E-state index contributed by atoms with van der Waals surface area (Å²) in [7, 11) is 0. The monoisotopic (exact) mass is 583 g/mol. The first kappa shape index (κ1) is 30.1. The number of carbonyl (C=O) groups excluding carboxylic acids is 1. The molecule has 0 saturated carbocycles. The minimum Gasteiger partial charge on any atom is -0.710 e. The average Bonchev–Trinajstić information content (AvgIpc) is 2.98. The molecule has 43 heavy (non-hydrogen) atoms. The Morgan fingerprint density at radius 3 is 2.26 bits per heavy atom. The van der Waals surface area contributed by atoms with Gasteiger partial charge in [0, 0.05) is 42.4 Å². The van der Waals surface area contributed by atoms with Crippen molar-refractivity contribution in [1.29, 1.82) is 0 Å². The van der Waals surface area contributed by atoms with Gasteiger partial charge in [-0.15, -0.1) is 11.1 Å². The van der Waals surface area contributed by atoms with E-state index in [-0.39, 0.29) is 40.4 Å². The molecule has 1 fully saturated rings. The SMILES string of the molecule is C=CC(C=O)N1CCN(c2nc(=O)n(-c3c(C(C)C)cccc3C(C)C)c3c2cc(F)c(-c2ccccc2)[n+]3[O-])[C@@H](C)C1. The molecule has 5 rings (SSSR count). The molecule has 9 heteroatoms. The minimum atomic E-state index is -0.706. The Bertz CT molecular complexity index is 1700. The lowest BCUT2D eigenvalue weighted by Crippen LogP contribution is -2.55. The Hall–Kier alpha value is -4.37. The van der Waals surface area contributed by atoms with Gasteiger partial charge in [0.2, 0.25) is 0 Å². The van der Waals surface area contributed by atoms with Crippen molar-refractivity contribution in [2.75, 3.05) is 24.5 Å². The fraction of sp³-hybridized carbons (Fsp3) is 0.353. The van der Waals surface area contributed by atoms with Gasteiger partial charge in [0.15, 0.2) is 17.3 Å². The molecule has 0 N–H and O–H groups in total. The van der Waals surface area contributed by atoms with Crippen LogP contribution in [0.4, 0.5) is 10.2 Å². The van der Waals surface area contributed by atoms with E-state index >= 15 is 4.39 Å². The number of hydrogen-bond acceptors (Lipinski definition) is 6. The van der Waals surface area contributed by atoms with Crippen molar-refractivity contribution in [3.05, 3.63) is 99.9 Å². The molecule has 1 saturated heterocycles. The highest BCUT2D eigenvalue weighted by Gasteiger charge is 2.34. The molecule has 2 aromatic heterocycles. The maximum Gasteiger partial charge on any atom is 0.442 e. The van der Waals surface area contributed by atoms with E-state index in [9.17, 15) is 14.8 Å². The number of pyridine rings is 1. The van der Waals surface area contributed by atoms with Crippen LogP contribution in [0.15, 0.2) is 72.0 Å². The van der Waals surface area contributed by atoms with E-state index in [2.05, 4.69) is 11.6 Å². The first-order valence-corrected chi connectivity index (χ1v) is 14.7. The summed E-state index contributed by atoms with van der Waals surface area (Å²) in [5, 5.41) is 14.7. The number of benzene rings is 2. The number of anilines is 1. The maximum atomic E-state index is 16.0. The molecule has 1 aliphatic heterocycles. The normalized spacial score (nSPS) is 16.7. The smallest absolute Gasteiger partial charge is 0.442 e. The second kappa shape index (κ2) is 12.1. The third kappa shape index (κ3) is 5.33. The summed E-state index contributed by atoms with van der Waals surface area (Å²) < 4.78 is 17.9. The van der Waals surface area contributed by atoms with Gasteiger partial charge in [-0.3, -0.25) is 4.90 Å². The Labute approximate surface area is 251 Å². The summed E-state index contributed by atoms with van der Waals surface area (Å²) in [5.41, 5.74) is 2.04. The van der Waals surface area contributed by atoms with Crippen LogP contribution in [0, 0.1) is 11.0 Å². The summed E-state index contributed by atoms with van der Waals surface area (Å²) in [6.45, 7) is 15.3. The molecule has 8 nitrogen and oxygen atoms in total. The van der Waals surface area contributed by atoms with Crippen molar-refractivity contribution < 1.29 is 13.9 Å². The number of hydrogen-bond donors (Lipinski definition) is 0. The molecule has 1 aliphatic rings. The topological polar surface area (TPSA) is 85.4 Å². The zero-order valence-corrected chi connectivity index (χ0v) is 25.3. The second-order valence-corrected chi connectivity index (χ2v) is 11.8. The van der Waals surface area contributed by atoms with Crippen molar-refractivity contribution in [3.8, 4) is 16.9 Å². The van der Waals surface area contributed by atoms with Gasteiger partial charge in [0.05, 0.1) is 6.04 Å². The lowest BCUT2D eigenvalue weighted by molar-refractivity contribution is -0.569. The highest BCUT2D eigenvalue weighted by atomic mass is 19.1. The number of aldehydes is 1. The maximum absolute atomic E-state index is 16.0. The number of nitrogens with zero attached hydrogens (tertiary/aromatic N) is 5. The molecule has 2 atom stereocenters. The highest BCUT2D eigenvalue weighted by molar-refractivity contribution is 5.88. The standard InChI is InChI=1S/C34H38FN5O3/c1-7-25(20-41)37-16-17-38(23(6)19-37)32-28-18-29(35)30(24-12-9-8-10-13-24)40(43)33(28)39(34(42)36-32)31-26(21(2)3)14-11-15-27(31)22(4)5/h7-15,18,20-23,25H,1,16-17,19H2,2-6H3/t23-,25?/m0/s1. The lowest BCUT2D eigenvalue weighted by Gasteiger charge is -2.42. The molecule has 0 bridgehead atoms. The van der Waals surface area contributed by atoms with Crippen molar-refractivity contribution in [1.82, 2.24) is 14.5 Å². The molecule has 1 unspecified atom stereocenters. The molecule has 3 heterocycles. The number of halogens is 1. The Kier molecular flexibility index (Phi) is 8.46. The summed E-state index contributed by atoms with van der Waals surface area (Å²) in [4.78, 5) is 34.3. The molecule has 0 amide bonds. The summed E-state index contributed by atoms with van der Waals surface area (Å²) in [6.07, 6.45) is 2.45. The van der Waals surface area contributed by atoms with E-state index in [1.165, 1.54) is 10.6 Å². The molecule has 224 valence electrons. The molecule has 0 spiro atoms. The molecule has 0 aliphatic carbocycles. The molecular formula is C34H38FN5O3. The van der Waals surface area contributed by atoms with Crippen LogP contribution in [-0.4, -0.2) is 52.5 Å². The first-order chi connectivity index (χ1) is 20.6. The van der Waals surface area contributed by atoms with Gasteiger partial charge in [0.1, 0.15) is 17.4 Å². The average molecular weight is 584 g/mol. The molecular weight excluding hydrogens is 545 g/mol. The van der Waals surface area contributed by atoms with Crippen LogP contribution in [0.3, 0.4) is 0 Å². The fourth-order valence-corrected chi connectivity index (χ4v) is 6.14. The van der Waals surface area contributed by atoms with Gasteiger partial charge in [0.25, 0.3) is 0 Å². The van der Waals surface area contributed by atoms with Crippen LogP contribution < -0.4 is 15.3 Å². The van der Waals surface area contributed by atoms with Gasteiger partial charge < -0.3 is 14.9 Å². The van der Waals surface area contributed by atoms with Gasteiger partial charge in [-0.05, 0) is 24.8 Å². The number of aromatic nitrogens is 3. The van der Waals surface area contributed by atoms with E-state index in [0.29, 0.717) is 35.6 Å².